The molecule has 0 saturated carbocycles. The Morgan fingerprint density at radius 2 is 2.00 bits per heavy atom. The number of rotatable bonds is 4. The molecule has 0 aliphatic carbocycles. The molecule has 0 heterocycles. The lowest BCUT2D eigenvalue weighted by Gasteiger charge is -2.04. The van der Waals surface area contributed by atoms with Gasteiger partial charge in [-0.1, -0.05) is 23.7 Å². The number of benzene rings is 2. The number of carboxylic acid groups (broad SMARTS) is 1. The van der Waals surface area contributed by atoms with Gasteiger partial charge in [-0.05, 0) is 35.9 Å². The predicted molar refractivity (Wildman–Crippen MR) is 80.8 cm³/mol. The van der Waals surface area contributed by atoms with Gasteiger partial charge in [0.1, 0.15) is 0 Å². The minimum absolute atomic E-state index is 0.121. The summed E-state index contributed by atoms with van der Waals surface area (Å²) in [7, 11) is 0. The molecule has 0 bridgehead atoms. The molecule has 0 saturated heterocycles. The lowest BCUT2D eigenvalue weighted by atomic mass is 10.2. The van der Waals surface area contributed by atoms with Crippen LogP contribution in [0.1, 0.15) is 21.5 Å². The van der Waals surface area contributed by atoms with Crippen LogP contribution in [0.3, 0.4) is 0 Å². The molecular formula is C15H10ClN3O2. The lowest BCUT2D eigenvalue weighted by Crippen LogP contribution is -1.98. The first-order chi connectivity index (χ1) is 10.1. The molecule has 0 amide bonds. The smallest absolute Gasteiger partial charge is 0.335 e. The fourth-order valence-corrected chi connectivity index (χ4v) is 1.72. The number of hydrogen-bond donors (Lipinski definition) is 2. The SMILES string of the molecule is N#Cc1ccc(/C=N\Nc2cc(C(=O)O)ccc2Cl)cc1. The number of nitrogens with zero attached hydrogens (tertiary/aromatic N) is 2. The van der Waals surface area contributed by atoms with E-state index in [-0.39, 0.29) is 5.56 Å². The molecule has 2 aromatic rings. The van der Waals surface area contributed by atoms with Crippen LogP contribution in [0.5, 0.6) is 0 Å². The standard InChI is InChI=1S/C15H10ClN3O2/c16-13-6-5-12(15(20)21)7-14(13)19-18-9-11-3-1-10(8-17)2-4-11/h1-7,9,19H,(H,20,21)/b18-9-. The summed E-state index contributed by atoms with van der Waals surface area (Å²) < 4.78 is 0. The molecule has 0 spiro atoms. The predicted octanol–water partition coefficient (Wildman–Crippen LogP) is 3.36. The molecule has 104 valence electrons. The maximum atomic E-state index is 10.9. The fraction of sp³-hybridized carbons (Fsp3) is 0. The Morgan fingerprint density at radius 3 is 2.62 bits per heavy atom. The average Bonchev–Trinajstić information content (AvgIpc) is 2.49. The largest absolute Gasteiger partial charge is 0.478 e. The topological polar surface area (TPSA) is 85.5 Å². The van der Waals surface area contributed by atoms with Gasteiger partial charge in [-0.25, -0.2) is 4.79 Å². The minimum atomic E-state index is -1.04. The van der Waals surface area contributed by atoms with Crippen molar-refractivity contribution in [3.05, 3.63) is 64.2 Å². The van der Waals surface area contributed by atoms with Crippen molar-refractivity contribution in [2.24, 2.45) is 5.10 Å². The van der Waals surface area contributed by atoms with Crippen molar-refractivity contribution >= 4 is 29.5 Å². The highest BCUT2D eigenvalue weighted by molar-refractivity contribution is 6.33. The molecule has 0 radical (unpaired) electrons. The number of hydrazone groups is 1. The third-order valence-electron chi connectivity index (χ3n) is 2.65. The van der Waals surface area contributed by atoms with Crippen molar-refractivity contribution in [3.8, 4) is 6.07 Å². The quantitative estimate of drug-likeness (QED) is 0.669. The molecule has 2 aromatic carbocycles. The summed E-state index contributed by atoms with van der Waals surface area (Å²) in [5.41, 5.74) is 4.58. The Balaban J connectivity index is 2.11. The highest BCUT2D eigenvalue weighted by Crippen LogP contribution is 2.23. The number of hydrogen-bond acceptors (Lipinski definition) is 4. The number of aromatic carboxylic acids is 1. The van der Waals surface area contributed by atoms with E-state index in [0.29, 0.717) is 16.3 Å². The fourth-order valence-electron chi connectivity index (χ4n) is 1.56. The number of halogens is 1. The molecule has 0 aliphatic rings. The van der Waals surface area contributed by atoms with Gasteiger partial charge in [-0.2, -0.15) is 10.4 Å². The van der Waals surface area contributed by atoms with Crippen molar-refractivity contribution in [3.63, 3.8) is 0 Å². The summed E-state index contributed by atoms with van der Waals surface area (Å²) in [6.45, 7) is 0. The number of carboxylic acids is 1. The second kappa shape index (κ2) is 6.55. The molecule has 2 N–H and O–H groups in total. The van der Waals surface area contributed by atoms with Crippen LogP contribution < -0.4 is 5.43 Å². The van der Waals surface area contributed by atoms with Gasteiger partial charge in [-0.3, -0.25) is 5.43 Å². The Morgan fingerprint density at radius 1 is 1.29 bits per heavy atom. The summed E-state index contributed by atoms with van der Waals surface area (Å²) in [4.78, 5) is 10.9. The molecular weight excluding hydrogens is 290 g/mol. The van der Waals surface area contributed by atoms with Crippen molar-refractivity contribution < 1.29 is 9.90 Å². The maximum absolute atomic E-state index is 10.9. The lowest BCUT2D eigenvalue weighted by molar-refractivity contribution is 0.0697. The molecule has 2 rings (SSSR count). The van der Waals surface area contributed by atoms with E-state index in [1.807, 2.05) is 6.07 Å². The summed E-state index contributed by atoms with van der Waals surface area (Å²) in [5, 5.41) is 22.0. The van der Waals surface area contributed by atoms with E-state index in [2.05, 4.69) is 10.5 Å². The summed E-state index contributed by atoms with van der Waals surface area (Å²) in [6, 6.07) is 13.2. The van der Waals surface area contributed by atoms with E-state index in [1.165, 1.54) is 18.2 Å². The van der Waals surface area contributed by atoms with Crippen LogP contribution in [-0.4, -0.2) is 17.3 Å². The number of nitriles is 1. The number of carbonyl (C=O) groups is 1. The summed E-state index contributed by atoms with van der Waals surface area (Å²) >= 11 is 5.96. The van der Waals surface area contributed by atoms with E-state index in [9.17, 15) is 4.79 Å². The van der Waals surface area contributed by atoms with Gasteiger partial charge in [0.05, 0.1) is 34.1 Å². The van der Waals surface area contributed by atoms with Crippen LogP contribution >= 0.6 is 11.6 Å². The van der Waals surface area contributed by atoms with Gasteiger partial charge in [0.2, 0.25) is 0 Å². The van der Waals surface area contributed by atoms with Crippen LogP contribution in [0.2, 0.25) is 5.02 Å². The average molecular weight is 300 g/mol. The van der Waals surface area contributed by atoms with Crippen LogP contribution in [0.25, 0.3) is 0 Å². The second-order valence-corrected chi connectivity index (χ2v) is 4.51. The van der Waals surface area contributed by atoms with Gasteiger partial charge in [0.15, 0.2) is 0 Å². The molecule has 0 unspecified atom stereocenters. The molecule has 0 aromatic heterocycles. The zero-order valence-electron chi connectivity index (χ0n) is 10.7. The first-order valence-corrected chi connectivity index (χ1v) is 6.30. The number of anilines is 1. The summed E-state index contributed by atoms with van der Waals surface area (Å²) in [6.07, 6.45) is 1.55. The van der Waals surface area contributed by atoms with Crippen LogP contribution in [0.15, 0.2) is 47.6 Å². The molecule has 6 heteroatoms. The summed E-state index contributed by atoms with van der Waals surface area (Å²) in [5.74, 6) is -1.04. The van der Waals surface area contributed by atoms with Crippen LogP contribution in [0, 0.1) is 11.3 Å². The molecule has 0 aliphatic heterocycles. The zero-order valence-corrected chi connectivity index (χ0v) is 11.5. The van der Waals surface area contributed by atoms with Gasteiger partial charge >= 0.3 is 5.97 Å². The zero-order chi connectivity index (χ0) is 15.2. The first kappa shape index (κ1) is 14.6. The molecule has 5 nitrogen and oxygen atoms in total. The highest BCUT2D eigenvalue weighted by Gasteiger charge is 2.06. The maximum Gasteiger partial charge on any atom is 0.335 e. The Hall–Kier alpha value is -2.84. The molecule has 0 fully saturated rings. The Bertz CT molecular complexity index is 734. The van der Waals surface area contributed by atoms with Gasteiger partial charge in [0.25, 0.3) is 0 Å². The van der Waals surface area contributed by atoms with Gasteiger partial charge in [-0.15, -0.1) is 0 Å². The van der Waals surface area contributed by atoms with Crippen molar-refractivity contribution in [1.82, 2.24) is 0 Å². The van der Waals surface area contributed by atoms with E-state index in [0.717, 1.165) is 5.56 Å². The minimum Gasteiger partial charge on any atom is -0.478 e. The van der Waals surface area contributed by atoms with Crippen LogP contribution in [-0.2, 0) is 0 Å². The highest BCUT2D eigenvalue weighted by atomic mass is 35.5. The Labute approximate surface area is 126 Å². The second-order valence-electron chi connectivity index (χ2n) is 4.10. The third-order valence-corrected chi connectivity index (χ3v) is 2.98. The van der Waals surface area contributed by atoms with Crippen molar-refractivity contribution in [2.45, 2.75) is 0 Å². The van der Waals surface area contributed by atoms with E-state index < -0.39 is 5.97 Å². The van der Waals surface area contributed by atoms with E-state index >= 15 is 0 Å². The van der Waals surface area contributed by atoms with Crippen molar-refractivity contribution in [2.75, 3.05) is 5.43 Å². The van der Waals surface area contributed by atoms with E-state index in [4.69, 9.17) is 22.0 Å². The number of nitrogens with one attached hydrogen (secondary N) is 1. The monoisotopic (exact) mass is 299 g/mol. The van der Waals surface area contributed by atoms with Crippen molar-refractivity contribution in [1.29, 1.82) is 5.26 Å². The van der Waals surface area contributed by atoms with Gasteiger partial charge < -0.3 is 5.11 Å². The first-order valence-electron chi connectivity index (χ1n) is 5.92. The molecule has 21 heavy (non-hydrogen) atoms. The Kier molecular flexibility index (Phi) is 4.54. The van der Waals surface area contributed by atoms with Crippen LogP contribution in [0.4, 0.5) is 5.69 Å². The molecule has 0 atom stereocenters. The normalized spacial score (nSPS) is 10.3. The van der Waals surface area contributed by atoms with Gasteiger partial charge in [0, 0.05) is 0 Å². The van der Waals surface area contributed by atoms with E-state index in [1.54, 1.807) is 30.5 Å². The third kappa shape index (κ3) is 3.81.